The van der Waals surface area contributed by atoms with Crippen molar-refractivity contribution in [2.24, 2.45) is 0 Å². The summed E-state index contributed by atoms with van der Waals surface area (Å²) in [6, 6.07) is 12.5. The number of H-pyrrole nitrogens is 1. The quantitative estimate of drug-likeness (QED) is 0.551. The molecule has 0 fully saturated rings. The van der Waals surface area contributed by atoms with Crippen molar-refractivity contribution in [2.75, 3.05) is 6.54 Å². The van der Waals surface area contributed by atoms with E-state index in [1.54, 1.807) is 18.3 Å². The van der Waals surface area contributed by atoms with Gasteiger partial charge in [-0.15, -0.1) is 0 Å². The van der Waals surface area contributed by atoms with Crippen LogP contribution in [0, 0.1) is 0 Å². The molecule has 29 heavy (non-hydrogen) atoms. The number of nitrogens with one attached hydrogen (secondary N) is 2. The van der Waals surface area contributed by atoms with Crippen molar-refractivity contribution >= 4 is 34.6 Å². The number of aliphatic carboxylic acids is 1. The summed E-state index contributed by atoms with van der Waals surface area (Å²) in [7, 11) is 0. The highest BCUT2D eigenvalue weighted by molar-refractivity contribution is 6.22. The third kappa shape index (κ3) is 3.36. The Kier molecular flexibility index (Phi) is 4.59. The number of carbonyl (C=O) groups is 4. The van der Waals surface area contributed by atoms with E-state index in [0.29, 0.717) is 0 Å². The predicted octanol–water partition coefficient (Wildman–Crippen LogP) is 1.58. The molecule has 2 heterocycles. The second-order valence-electron chi connectivity index (χ2n) is 6.76. The number of carbonyl (C=O) groups excluding carboxylic acids is 3. The van der Waals surface area contributed by atoms with Gasteiger partial charge >= 0.3 is 5.97 Å². The average molecular weight is 391 g/mol. The summed E-state index contributed by atoms with van der Waals surface area (Å²) < 4.78 is 0. The molecule has 2 aromatic carbocycles. The zero-order chi connectivity index (χ0) is 20.5. The topological polar surface area (TPSA) is 120 Å². The van der Waals surface area contributed by atoms with Crippen molar-refractivity contribution in [3.8, 4) is 0 Å². The Balaban J connectivity index is 1.47. The Labute approximate surface area is 165 Å². The third-order valence-corrected chi connectivity index (χ3v) is 4.91. The maximum absolute atomic E-state index is 12.4. The number of benzene rings is 2. The molecule has 3 N–H and O–H groups in total. The zero-order valence-corrected chi connectivity index (χ0v) is 15.2. The monoisotopic (exact) mass is 391 g/mol. The van der Waals surface area contributed by atoms with Crippen molar-refractivity contribution in [3.05, 3.63) is 71.4 Å². The van der Waals surface area contributed by atoms with Crippen LogP contribution in [0.3, 0.4) is 0 Å². The average Bonchev–Trinajstić information content (AvgIpc) is 3.22. The number of hydrogen-bond acceptors (Lipinski definition) is 4. The Morgan fingerprint density at radius 1 is 1.00 bits per heavy atom. The van der Waals surface area contributed by atoms with Gasteiger partial charge in [-0.3, -0.25) is 19.3 Å². The van der Waals surface area contributed by atoms with Gasteiger partial charge in [0.25, 0.3) is 11.8 Å². The van der Waals surface area contributed by atoms with Crippen molar-refractivity contribution in [3.63, 3.8) is 0 Å². The molecule has 0 bridgehead atoms. The summed E-state index contributed by atoms with van der Waals surface area (Å²) in [6.07, 6.45) is 1.77. The summed E-state index contributed by atoms with van der Waals surface area (Å²) in [5.41, 5.74) is 2.08. The van der Waals surface area contributed by atoms with Crippen molar-refractivity contribution in [2.45, 2.75) is 12.5 Å². The Bertz CT molecular complexity index is 1110. The lowest BCUT2D eigenvalue weighted by Crippen LogP contribution is -2.47. The molecule has 8 heteroatoms. The third-order valence-electron chi connectivity index (χ3n) is 4.91. The molecule has 0 spiro atoms. The first-order valence-corrected chi connectivity index (χ1v) is 8.98. The van der Waals surface area contributed by atoms with E-state index in [1.165, 1.54) is 12.1 Å². The minimum atomic E-state index is -1.20. The fourth-order valence-corrected chi connectivity index (χ4v) is 3.49. The first-order valence-electron chi connectivity index (χ1n) is 8.98. The molecule has 4 rings (SSSR count). The summed E-state index contributed by atoms with van der Waals surface area (Å²) in [6.45, 7) is -0.538. The van der Waals surface area contributed by atoms with Gasteiger partial charge in [0.1, 0.15) is 12.6 Å². The molecule has 0 unspecified atom stereocenters. The molecular formula is C21H17N3O5. The molecule has 0 radical (unpaired) electrons. The van der Waals surface area contributed by atoms with Crippen LogP contribution in [-0.4, -0.2) is 51.3 Å². The second-order valence-corrected chi connectivity index (χ2v) is 6.76. The lowest BCUT2D eigenvalue weighted by atomic mass is 10.0. The van der Waals surface area contributed by atoms with E-state index < -0.39 is 36.3 Å². The Morgan fingerprint density at radius 2 is 1.62 bits per heavy atom. The number of imide groups is 1. The summed E-state index contributed by atoms with van der Waals surface area (Å²) >= 11 is 0. The van der Waals surface area contributed by atoms with E-state index in [-0.39, 0.29) is 17.5 Å². The molecule has 146 valence electrons. The highest BCUT2D eigenvalue weighted by Gasteiger charge is 2.36. The largest absolute Gasteiger partial charge is 0.480 e. The maximum atomic E-state index is 12.4. The number of rotatable bonds is 6. The van der Waals surface area contributed by atoms with Gasteiger partial charge in [-0.25, -0.2) is 4.79 Å². The molecular weight excluding hydrogens is 374 g/mol. The van der Waals surface area contributed by atoms with Crippen LogP contribution in [0.5, 0.6) is 0 Å². The Hall–Kier alpha value is -3.94. The molecule has 0 saturated heterocycles. The fourth-order valence-electron chi connectivity index (χ4n) is 3.49. The van der Waals surface area contributed by atoms with Gasteiger partial charge in [-0.1, -0.05) is 30.3 Å². The van der Waals surface area contributed by atoms with E-state index >= 15 is 0 Å². The molecule has 8 nitrogen and oxygen atoms in total. The van der Waals surface area contributed by atoms with Gasteiger partial charge in [0.15, 0.2) is 0 Å². The SMILES string of the molecule is O=C(CN1C(=O)c2ccccc2C1=O)N[C@H](Cc1c[nH]c2ccccc12)C(=O)O. The molecule has 1 aromatic heterocycles. The van der Waals surface area contributed by atoms with Crippen molar-refractivity contribution in [1.82, 2.24) is 15.2 Å². The van der Waals surface area contributed by atoms with E-state index in [4.69, 9.17) is 0 Å². The van der Waals surface area contributed by atoms with Gasteiger partial charge in [-0.2, -0.15) is 0 Å². The zero-order valence-electron chi connectivity index (χ0n) is 15.2. The molecule has 0 saturated carbocycles. The van der Waals surface area contributed by atoms with Crippen molar-refractivity contribution < 1.29 is 24.3 Å². The number of fused-ring (bicyclic) bond motifs is 2. The highest BCUT2D eigenvalue weighted by atomic mass is 16.4. The number of aromatic nitrogens is 1. The maximum Gasteiger partial charge on any atom is 0.326 e. The van der Waals surface area contributed by atoms with Crippen LogP contribution in [0.15, 0.2) is 54.7 Å². The number of hydrogen-bond donors (Lipinski definition) is 3. The summed E-state index contributed by atoms with van der Waals surface area (Å²) in [4.78, 5) is 52.7. The lowest BCUT2D eigenvalue weighted by molar-refractivity contribution is -0.141. The normalized spacial score (nSPS) is 14.1. The van der Waals surface area contributed by atoms with Crippen LogP contribution in [0.1, 0.15) is 26.3 Å². The van der Waals surface area contributed by atoms with Crippen LogP contribution in [0.2, 0.25) is 0 Å². The number of carboxylic acids is 1. The van der Waals surface area contributed by atoms with E-state index in [2.05, 4.69) is 10.3 Å². The number of nitrogens with zero attached hydrogens (tertiary/aromatic N) is 1. The minimum Gasteiger partial charge on any atom is -0.480 e. The van der Waals surface area contributed by atoms with Crippen LogP contribution in [-0.2, 0) is 16.0 Å². The number of carboxylic acid groups (broad SMARTS) is 1. The number of amides is 3. The van der Waals surface area contributed by atoms with Crippen LogP contribution in [0.4, 0.5) is 0 Å². The number of aromatic amines is 1. The van der Waals surface area contributed by atoms with Crippen LogP contribution < -0.4 is 5.32 Å². The number of para-hydroxylation sites is 1. The fraction of sp³-hybridized carbons (Fsp3) is 0.143. The lowest BCUT2D eigenvalue weighted by Gasteiger charge is -2.17. The van der Waals surface area contributed by atoms with Crippen molar-refractivity contribution in [1.29, 1.82) is 0 Å². The van der Waals surface area contributed by atoms with Gasteiger partial charge in [0, 0.05) is 23.5 Å². The van der Waals surface area contributed by atoms with Gasteiger partial charge in [0.05, 0.1) is 11.1 Å². The molecule has 3 aromatic rings. The van der Waals surface area contributed by atoms with Gasteiger partial charge in [0.2, 0.25) is 5.91 Å². The first-order chi connectivity index (χ1) is 14.0. The molecule has 1 aliphatic heterocycles. The molecule has 0 aliphatic carbocycles. The molecule has 3 amide bonds. The first kappa shape index (κ1) is 18.4. The van der Waals surface area contributed by atoms with E-state index in [0.717, 1.165) is 21.4 Å². The molecule has 1 atom stereocenters. The minimum absolute atomic E-state index is 0.0627. The van der Waals surface area contributed by atoms with E-state index in [1.807, 2.05) is 24.3 Å². The smallest absolute Gasteiger partial charge is 0.326 e. The Morgan fingerprint density at radius 3 is 2.28 bits per heavy atom. The molecule has 1 aliphatic rings. The summed E-state index contributed by atoms with van der Waals surface area (Å²) in [5, 5.41) is 12.8. The van der Waals surface area contributed by atoms with Crippen LogP contribution >= 0.6 is 0 Å². The van der Waals surface area contributed by atoms with E-state index in [9.17, 15) is 24.3 Å². The standard InChI is InChI=1S/C21H17N3O5/c25-18(11-24-19(26)14-6-1-2-7-15(14)20(24)27)23-17(21(28)29)9-12-10-22-16-8-4-3-5-13(12)16/h1-8,10,17,22H,9,11H2,(H,23,25)(H,28,29)/t17-/m1/s1. The summed E-state index contributed by atoms with van der Waals surface area (Å²) in [5.74, 6) is -3.05. The van der Waals surface area contributed by atoms with Gasteiger partial charge in [-0.05, 0) is 23.8 Å². The van der Waals surface area contributed by atoms with Gasteiger partial charge < -0.3 is 15.4 Å². The second kappa shape index (κ2) is 7.23. The predicted molar refractivity (Wildman–Crippen MR) is 103 cm³/mol. The highest BCUT2D eigenvalue weighted by Crippen LogP contribution is 2.22. The van der Waals surface area contributed by atoms with Crippen LogP contribution in [0.25, 0.3) is 10.9 Å².